The molecule has 18 heavy (non-hydrogen) atoms. The molecule has 2 aromatic rings. The zero-order valence-corrected chi connectivity index (χ0v) is 9.99. The van der Waals surface area contributed by atoms with E-state index in [0.717, 1.165) is 0 Å². The Morgan fingerprint density at radius 2 is 2.11 bits per heavy atom. The second-order valence-corrected chi connectivity index (χ2v) is 3.93. The Morgan fingerprint density at radius 1 is 1.33 bits per heavy atom. The van der Waals surface area contributed by atoms with Crippen molar-refractivity contribution in [1.82, 2.24) is 9.97 Å². The third kappa shape index (κ3) is 3.24. The molecule has 0 saturated heterocycles. The second kappa shape index (κ2) is 5.55. The average molecular weight is 266 g/mol. The monoisotopic (exact) mass is 265 g/mol. The minimum absolute atomic E-state index is 0.0686. The summed E-state index contributed by atoms with van der Waals surface area (Å²) in [7, 11) is 0. The minimum Gasteiger partial charge on any atom is -0.309 e. The number of amides is 1. The van der Waals surface area contributed by atoms with Crippen LogP contribution in [0.4, 0.5) is 10.2 Å². The van der Waals surface area contributed by atoms with E-state index in [1.54, 1.807) is 18.2 Å². The van der Waals surface area contributed by atoms with Crippen molar-refractivity contribution >= 4 is 23.3 Å². The number of nitrogens with zero attached hydrogens (tertiary/aromatic N) is 2. The topological polar surface area (TPSA) is 54.9 Å². The molecule has 0 spiro atoms. The van der Waals surface area contributed by atoms with Gasteiger partial charge in [0.05, 0.1) is 18.8 Å². The molecule has 0 aliphatic rings. The number of hydrogen-bond acceptors (Lipinski definition) is 3. The van der Waals surface area contributed by atoms with E-state index in [2.05, 4.69) is 15.3 Å². The van der Waals surface area contributed by atoms with E-state index in [1.807, 2.05) is 0 Å². The summed E-state index contributed by atoms with van der Waals surface area (Å²) in [6.45, 7) is 0. The first-order valence-corrected chi connectivity index (χ1v) is 5.54. The molecule has 0 aliphatic heterocycles. The summed E-state index contributed by atoms with van der Waals surface area (Å²) in [5.41, 5.74) is 0.324. The predicted octanol–water partition coefficient (Wildman–Crippen LogP) is 2.45. The van der Waals surface area contributed by atoms with Gasteiger partial charge in [0.25, 0.3) is 0 Å². The fraction of sp³-hybridized carbons (Fsp3) is 0.0833. The molecular weight excluding hydrogens is 257 g/mol. The van der Waals surface area contributed by atoms with Gasteiger partial charge in [-0.25, -0.2) is 9.37 Å². The van der Waals surface area contributed by atoms with E-state index in [9.17, 15) is 9.18 Å². The Labute approximate surface area is 108 Å². The van der Waals surface area contributed by atoms with Crippen LogP contribution >= 0.6 is 11.6 Å². The number of rotatable bonds is 3. The highest BCUT2D eigenvalue weighted by molar-refractivity contribution is 6.29. The van der Waals surface area contributed by atoms with E-state index >= 15 is 0 Å². The summed E-state index contributed by atoms with van der Waals surface area (Å²) in [4.78, 5) is 19.3. The van der Waals surface area contributed by atoms with Crippen LogP contribution in [0.25, 0.3) is 0 Å². The van der Waals surface area contributed by atoms with E-state index in [4.69, 9.17) is 11.6 Å². The van der Waals surface area contributed by atoms with Crippen LogP contribution in [0.5, 0.6) is 0 Å². The first-order chi connectivity index (χ1) is 8.65. The number of aromatic nitrogens is 2. The predicted molar refractivity (Wildman–Crippen MR) is 65.8 cm³/mol. The Balaban J connectivity index is 2.03. The van der Waals surface area contributed by atoms with E-state index in [1.165, 1.54) is 18.5 Å². The number of benzene rings is 1. The maximum absolute atomic E-state index is 13.3. The fourth-order valence-electron chi connectivity index (χ4n) is 1.40. The highest BCUT2D eigenvalue weighted by Crippen LogP contribution is 2.10. The molecule has 0 aliphatic carbocycles. The maximum Gasteiger partial charge on any atom is 0.230 e. The molecular formula is C12H9ClFN3O. The van der Waals surface area contributed by atoms with Crippen LogP contribution in [0.3, 0.4) is 0 Å². The Kier molecular flexibility index (Phi) is 3.84. The lowest BCUT2D eigenvalue weighted by Crippen LogP contribution is -2.16. The van der Waals surface area contributed by atoms with Crippen LogP contribution in [0.2, 0.25) is 5.15 Å². The van der Waals surface area contributed by atoms with E-state index in [-0.39, 0.29) is 23.3 Å². The van der Waals surface area contributed by atoms with Crippen molar-refractivity contribution in [3.63, 3.8) is 0 Å². The van der Waals surface area contributed by atoms with Gasteiger partial charge in [-0.1, -0.05) is 29.8 Å². The van der Waals surface area contributed by atoms with Crippen molar-refractivity contribution in [3.8, 4) is 0 Å². The molecule has 1 heterocycles. The van der Waals surface area contributed by atoms with Crippen molar-refractivity contribution in [2.45, 2.75) is 6.42 Å². The summed E-state index contributed by atoms with van der Waals surface area (Å²) in [5, 5.41) is 2.67. The van der Waals surface area contributed by atoms with Crippen LogP contribution in [0.1, 0.15) is 5.56 Å². The van der Waals surface area contributed by atoms with Crippen LogP contribution in [-0.2, 0) is 11.2 Å². The fourth-order valence-corrected chi connectivity index (χ4v) is 1.55. The summed E-state index contributed by atoms with van der Waals surface area (Å²) in [5.74, 6) is -0.551. The molecule has 1 N–H and O–H groups in total. The molecule has 1 aromatic heterocycles. The SMILES string of the molecule is O=C(Cc1ccccc1F)Nc1cncc(Cl)n1. The zero-order valence-electron chi connectivity index (χ0n) is 9.23. The van der Waals surface area contributed by atoms with Gasteiger partial charge in [-0.2, -0.15) is 0 Å². The first-order valence-electron chi connectivity index (χ1n) is 5.16. The molecule has 4 nitrogen and oxygen atoms in total. The van der Waals surface area contributed by atoms with Crippen molar-refractivity contribution in [3.05, 3.63) is 53.2 Å². The largest absolute Gasteiger partial charge is 0.309 e. The van der Waals surface area contributed by atoms with Crippen molar-refractivity contribution in [2.75, 3.05) is 5.32 Å². The second-order valence-electron chi connectivity index (χ2n) is 3.54. The van der Waals surface area contributed by atoms with E-state index in [0.29, 0.717) is 5.56 Å². The van der Waals surface area contributed by atoms with Gasteiger partial charge in [-0.05, 0) is 11.6 Å². The standard InChI is InChI=1S/C12H9ClFN3O/c13-10-6-15-7-11(16-10)17-12(18)5-8-3-1-2-4-9(8)14/h1-4,6-7H,5H2,(H,16,17,18). The number of anilines is 1. The van der Waals surface area contributed by atoms with Crippen LogP contribution in [-0.4, -0.2) is 15.9 Å². The normalized spacial score (nSPS) is 10.1. The number of carbonyl (C=O) groups excluding carboxylic acids is 1. The van der Waals surface area contributed by atoms with Crippen LogP contribution in [0, 0.1) is 5.82 Å². The lowest BCUT2D eigenvalue weighted by Gasteiger charge is -2.05. The molecule has 0 unspecified atom stereocenters. The molecule has 0 radical (unpaired) electrons. The summed E-state index contributed by atoms with van der Waals surface area (Å²) < 4.78 is 13.3. The highest BCUT2D eigenvalue weighted by Gasteiger charge is 2.08. The van der Waals surface area contributed by atoms with Crippen LogP contribution in [0.15, 0.2) is 36.7 Å². The third-order valence-electron chi connectivity index (χ3n) is 2.18. The molecule has 0 bridgehead atoms. The van der Waals surface area contributed by atoms with Crippen molar-refractivity contribution in [1.29, 1.82) is 0 Å². The highest BCUT2D eigenvalue weighted by atomic mass is 35.5. The summed E-state index contributed by atoms with van der Waals surface area (Å²) >= 11 is 5.63. The van der Waals surface area contributed by atoms with E-state index < -0.39 is 5.82 Å². The minimum atomic E-state index is -0.412. The Bertz CT molecular complexity index is 577. The molecule has 2 rings (SSSR count). The van der Waals surface area contributed by atoms with Gasteiger partial charge >= 0.3 is 0 Å². The van der Waals surface area contributed by atoms with Gasteiger partial charge in [-0.15, -0.1) is 0 Å². The molecule has 1 amide bonds. The van der Waals surface area contributed by atoms with Crippen molar-refractivity contribution < 1.29 is 9.18 Å². The average Bonchev–Trinajstić information content (AvgIpc) is 2.32. The Hall–Kier alpha value is -2.01. The van der Waals surface area contributed by atoms with Gasteiger partial charge < -0.3 is 5.32 Å². The smallest absolute Gasteiger partial charge is 0.230 e. The molecule has 1 aromatic carbocycles. The Morgan fingerprint density at radius 3 is 2.83 bits per heavy atom. The molecule has 0 fully saturated rings. The number of carbonyl (C=O) groups is 1. The molecule has 0 saturated carbocycles. The third-order valence-corrected chi connectivity index (χ3v) is 2.36. The number of nitrogens with one attached hydrogen (secondary N) is 1. The van der Waals surface area contributed by atoms with Crippen molar-refractivity contribution in [2.24, 2.45) is 0 Å². The summed E-state index contributed by atoms with van der Waals surface area (Å²) in [6.07, 6.45) is 2.65. The van der Waals surface area contributed by atoms with Gasteiger partial charge in [0.2, 0.25) is 5.91 Å². The molecule has 0 atom stereocenters. The summed E-state index contributed by atoms with van der Waals surface area (Å²) in [6, 6.07) is 6.10. The van der Waals surface area contributed by atoms with Gasteiger partial charge in [-0.3, -0.25) is 9.78 Å². The lowest BCUT2D eigenvalue weighted by atomic mass is 10.1. The van der Waals surface area contributed by atoms with Gasteiger partial charge in [0.1, 0.15) is 11.0 Å². The van der Waals surface area contributed by atoms with Gasteiger partial charge in [0, 0.05) is 0 Å². The number of halogens is 2. The lowest BCUT2D eigenvalue weighted by molar-refractivity contribution is -0.115. The molecule has 6 heteroatoms. The molecule has 92 valence electrons. The van der Waals surface area contributed by atoms with Gasteiger partial charge in [0.15, 0.2) is 5.82 Å². The zero-order chi connectivity index (χ0) is 13.0. The maximum atomic E-state index is 13.3. The first kappa shape index (κ1) is 12.4. The quantitative estimate of drug-likeness (QED) is 0.927. The van der Waals surface area contributed by atoms with Crippen LogP contribution < -0.4 is 5.32 Å². The number of hydrogen-bond donors (Lipinski definition) is 1.